The lowest BCUT2D eigenvalue weighted by Gasteiger charge is -2.35. The number of nitrogens with zero attached hydrogens (tertiary/aromatic N) is 1. The molecule has 0 amide bonds. The van der Waals surface area contributed by atoms with Gasteiger partial charge in [0.05, 0.1) is 5.02 Å². The number of unbranched alkanes of at least 4 members (excludes halogenated alkanes) is 4. The first-order chi connectivity index (χ1) is 16.6. The van der Waals surface area contributed by atoms with Gasteiger partial charge < -0.3 is 25.2 Å². The summed E-state index contributed by atoms with van der Waals surface area (Å²) in [7, 11) is 0. The quantitative estimate of drug-likeness (QED) is 0.214. The molecule has 3 N–H and O–H groups in total. The number of ether oxygens (including phenoxy) is 1. The average Bonchev–Trinajstić information content (AvgIpc) is 2.85. The summed E-state index contributed by atoms with van der Waals surface area (Å²) in [5.41, 5.74) is 2.13. The van der Waals surface area contributed by atoms with E-state index in [-0.39, 0.29) is 11.5 Å². The first-order valence-corrected chi connectivity index (χ1v) is 13.3. The largest absolute Gasteiger partial charge is 0.504 e. The number of phenolic OH excluding ortho intramolecular Hbond substituents is 2. The molecule has 0 aromatic heterocycles. The molecule has 0 fully saturated rings. The van der Waals surface area contributed by atoms with Crippen LogP contribution in [0.4, 0.5) is 0 Å². The topological polar surface area (TPSA) is 65.0 Å². The van der Waals surface area contributed by atoms with Gasteiger partial charge >= 0.3 is 0 Å². The number of fused-ring (bicyclic) bond motifs is 1. The molecule has 1 aliphatic carbocycles. The van der Waals surface area contributed by atoms with Crippen molar-refractivity contribution in [2.45, 2.75) is 70.8 Å². The van der Waals surface area contributed by atoms with Gasteiger partial charge in [0.2, 0.25) is 0 Å². The Morgan fingerprint density at radius 3 is 2.62 bits per heavy atom. The number of halogens is 1. The summed E-state index contributed by atoms with van der Waals surface area (Å²) in [6.07, 6.45) is 10.2. The van der Waals surface area contributed by atoms with Gasteiger partial charge in [0.25, 0.3) is 0 Å². The molecule has 0 saturated heterocycles. The predicted octanol–water partition coefficient (Wildman–Crippen LogP) is 5.94. The highest BCUT2D eigenvalue weighted by atomic mass is 35.5. The van der Waals surface area contributed by atoms with Crippen molar-refractivity contribution in [3.05, 3.63) is 52.5 Å². The van der Waals surface area contributed by atoms with Crippen LogP contribution in [0.3, 0.4) is 0 Å². The molecule has 1 aliphatic rings. The fraction of sp³-hybridized carbons (Fsp3) is 0.571. The Bertz CT molecular complexity index is 877. The maximum Gasteiger partial charge on any atom is 0.160 e. The van der Waals surface area contributed by atoms with Crippen molar-refractivity contribution in [3.8, 4) is 17.2 Å². The van der Waals surface area contributed by atoms with Gasteiger partial charge in [-0.2, -0.15) is 0 Å². The normalized spacial score (nSPS) is 15.4. The van der Waals surface area contributed by atoms with Gasteiger partial charge in [0.15, 0.2) is 11.5 Å². The van der Waals surface area contributed by atoms with Crippen LogP contribution in [0.2, 0.25) is 5.02 Å². The van der Waals surface area contributed by atoms with E-state index in [1.165, 1.54) is 44.1 Å². The third kappa shape index (κ3) is 8.07. The number of nitrogens with one attached hydrogen (secondary N) is 1. The lowest BCUT2D eigenvalue weighted by Crippen LogP contribution is -2.40. The van der Waals surface area contributed by atoms with Crippen molar-refractivity contribution in [2.24, 2.45) is 0 Å². The van der Waals surface area contributed by atoms with Crippen molar-refractivity contribution < 1.29 is 14.9 Å². The number of para-hydroxylation sites is 1. The summed E-state index contributed by atoms with van der Waals surface area (Å²) in [5, 5.41) is 24.1. The van der Waals surface area contributed by atoms with E-state index in [1.807, 2.05) is 30.3 Å². The molecule has 0 spiro atoms. The maximum atomic E-state index is 10.2. The predicted molar refractivity (Wildman–Crippen MR) is 140 cm³/mol. The number of aromatic hydroxyl groups is 2. The number of rotatable bonds is 15. The van der Waals surface area contributed by atoms with Gasteiger partial charge in [0, 0.05) is 18.2 Å². The van der Waals surface area contributed by atoms with E-state index < -0.39 is 0 Å². The number of benzene rings is 2. The van der Waals surface area contributed by atoms with Crippen molar-refractivity contribution in [1.29, 1.82) is 0 Å². The lowest BCUT2D eigenvalue weighted by atomic mass is 9.86. The van der Waals surface area contributed by atoms with Crippen LogP contribution < -0.4 is 10.1 Å². The van der Waals surface area contributed by atoms with Gasteiger partial charge in [-0.1, -0.05) is 56.0 Å². The average molecular weight is 489 g/mol. The van der Waals surface area contributed by atoms with Gasteiger partial charge in [0.1, 0.15) is 12.4 Å². The molecule has 2 aromatic carbocycles. The van der Waals surface area contributed by atoms with E-state index in [4.69, 9.17) is 16.3 Å². The summed E-state index contributed by atoms with van der Waals surface area (Å²) in [4.78, 5) is 2.67. The van der Waals surface area contributed by atoms with E-state index in [9.17, 15) is 10.2 Å². The Morgan fingerprint density at radius 2 is 1.79 bits per heavy atom. The second-order valence-corrected chi connectivity index (χ2v) is 9.71. The number of hydrogen-bond acceptors (Lipinski definition) is 5. The van der Waals surface area contributed by atoms with E-state index in [1.54, 1.807) is 6.07 Å². The van der Waals surface area contributed by atoms with E-state index >= 15 is 0 Å². The molecule has 1 unspecified atom stereocenters. The molecule has 0 radical (unpaired) electrons. The third-order valence-corrected chi connectivity index (χ3v) is 7.09. The Hall–Kier alpha value is -1.95. The second kappa shape index (κ2) is 14.4. The van der Waals surface area contributed by atoms with E-state index in [0.29, 0.717) is 17.7 Å². The van der Waals surface area contributed by atoms with E-state index in [0.717, 1.165) is 56.8 Å². The standard InChI is InChI=1S/C28H41ClN2O3/c1-2-3-18-31(23-13-14-24-22(21-23)12-15-26(32)28(24)33)19-9-5-4-8-16-30-17-20-34-27-11-7-6-10-25(27)29/h6-7,10-12,15,23,30,32-33H,2-5,8-9,13-14,16-21H2,1H3. The molecule has 5 nitrogen and oxygen atoms in total. The molecule has 34 heavy (non-hydrogen) atoms. The minimum atomic E-state index is 0.00245. The third-order valence-electron chi connectivity index (χ3n) is 6.78. The van der Waals surface area contributed by atoms with Crippen LogP contribution in [0.25, 0.3) is 0 Å². The Balaban J connectivity index is 1.30. The van der Waals surface area contributed by atoms with Gasteiger partial charge in [-0.15, -0.1) is 0 Å². The summed E-state index contributed by atoms with van der Waals surface area (Å²) in [6, 6.07) is 11.7. The monoisotopic (exact) mass is 488 g/mol. The summed E-state index contributed by atoms with van der Waals surface area (Å²) < 4.78 is 5.71. The fourth-order valence-electron chi connectivity index (χ4n) is 4.79. The fourth-order valence-corrected chi connectivity index (χ4v) is 4.98. The van der Waals surface area contributed by atoms with Crippen molar-refractivity contribution in [3.63, 3.8) is 0 Å². The minimum absolute atomic E-state index is 0.00245. The lowest BCUT2D eigenvalue weighted by molar-refractivity contribution is 0.172. The molecule has 3 rings (SSSR count). The molecule has 2 aromatic rings. The SMILES string of the molecule is CCCCN(CCCCCCNCCOc1ccccc1Cl)C1CCc2c(ccc(O)c2O)C1. The Kier molecular flexibility index (Phi) is 11.3. The molecule has 188 valence electrons. The first kappa shape index (κ1) is 26.7. The van der Waals surface area contributed by atoms with Crippen LogP contribution in [0, 0.1) is 0 Å². The molecule has 6 heteroatoms. The van der Waals surface area contributed by atoms with Crippen LogP contribution in [0.15, 0.2) is 36.4 Å². The van der Waals surface area contributed by atoms with E-state index in [2.05, 4.69) is 17.1 Å². The van der Waals surface area contributed by atoms with Crippen LogP contribution in [0.5, 0.6) is 17.2 Å². The van der Waals surface area contributed by atoms with Crippen LogP contribution >= 0.6 is 11.6 Å². The first-order valence-electron chi connectivity index (χ1n) is 12.9. The number of hydrogen-bond donors (Lipinski definition) is 3. The molecule has 0 heterocycles. The smallest absolute Gasteiger partial charge is 0.160 e. The van der Waals surface area contributed by atoms with Gasteiger partial charge in [-0.3, -0.25) is 0 Å². The molecule has 0 aliphatic heterocycles. The van der Waals surface area contributed by atoms with Crippen molar-refractivity contribution in [1.82, 2.24) is 10.2 Å². The highest BCUT2D eigenvalue weighted by Crippen LogP contribution is 2.36. The second-order valence-electron chi connectivity index (χ2n) is 9.30. The van der Waals surface area contributed by atoms with Crippen molar-refractivity contribution >= 4 is 11.6 Å². The summed E-state index contributed by atoms with van der Waals surface area (Å²) >= 11 is 6.10. The van der Waals surface area contributed by atoms with Gasteiger partial charge in [-0.25, -0.2) is 0 Å². The zero-order valence-electron chi connectivity index (χ0n) is 20.6. The van der Waals surface area contributed by atoms with Crippen LogP contribution in [-0.4, -0.2) is 53.9 Å². The summed E-state index contributed by atoms with van der Waals surface area (Å²) in [5.74, 6) is 0.831. The zero-order chi connectivity index (χ0) is 24.2. The van der Waals surface area contributed by atoms with Crippen molar-refractivity contribution in [2.75, 3.05) is 32.8 Å². The highest BCUT2D eigenvalue weighted by Gasteiger charge is 2.26. The molecule has 1 atom stereocenters. The highest BCUT2D eigenvalue weighted by molar-refractivity contribution is 6.32. The Morgan fingerprint density at radius 1 is 1.00 bits per heavy atom. The van der Waals surface area contributed by atoms with Crippen LogP contribution in [-0.2, 0) is 12.8 Å². The minimum Gasteiger partial charge on any atom is -0.504 e. The molecule has 0 bridgehead atoms. The number of phenols is 2. The van der Waals surface area contributed by atoms with Crippen LogP contribution in [0.1, 0.15) is 63.0 Å². The molecular formula is C28H41ClN2O3. The summed E-state index contributed by atoms with van der Waals surface area (Å²) in [6.45, 7) is 7.00. The molecule has 0 saturated carbocycles. The zero-order valence-corrected chi connectivity index (χ0v) is 21.3. The maximum absolute atomic E-state index is 10.2. The Labute approximate surface area is 210 Å². The molecular weight excluding hydrogens is 448 g/mol. The van der Waals surface area contributed by atoms with Gasteiger partial charge in [-0.05, 0) is 81.9 Å².